The fourth-order valence-electron chi connectivity index (χ4n) is 4.08. The average Bonchev–Trinajstić information content (AvgIpc) is 2.91. The summed E-state index contributed by atoms with van der Waals surface area (Å²) in [5.74, 6) is 2.39. The van der Waals surface area contributed by atoms with Crippen LogP contribution in [0.25, 0.3) is 40.0 Å². The van der Waals surface area contributed by atoms with E-state index in [1.807, 2.05) is 74.5 Å². The van der Waals surface area contributed by atoms with Gasteiger partial charge in [-0.15, -0.1) is 0 Å². The van der Waals surface area contributed by atoms with Gasteiger partial charge in [-0.25, -0.2) is 15.0 Å². The SMILES string of the molecule is CC(C)(O)C(C)(C)OBc1cccc(-c2cccc(-c3nc(/C=C/[C@H]4C=CC4)nc(-c4ccccc4)n3)c2)c1. The molecule has 0 unspecified atom stereocenters. The highest BCUT2D eigenvalue weighted by atomic mass is 16.5. The van der Waals surface area contributed by atoms with Crippen LogP contribution in [0.3, 0.4) is 0 Å². The summed E-state index contributed by atoms with van der Waals surface area (Å²) in [7, 11) is 0.407. The molecule has 0 saturated heterocycles. The number of allylic oxidation sites excluding steroid dienone is 3. The Bertz CT molecular complexity index is 1510. The monoisotopic (exact) mass is 515 g/mol. The van der Waals surface area contributed by atoms with Crippen molar-refractivity contribution in [1.29, 1.82) is 0 Å². The largest absolute Gasteiger partial charge is 0.427 e. The Labute approximate surface area is 231 Å². The van der Waals surface area contributed by atoms with Crippen molar-refractivity contribution in [3.63, 3.8) is 0 Å². The van der Waals surface area contributed by atoms with Crippen LogP contribution in [-0.4, -0.2) is 38.7 Å². The van der Waals surface area contributed by atoms with Crippen LogP contribution in [0.1, 0.15) is 39.9 Å². The molecule has 4 aromatic rings. The first kappa shape index (κ1) is 26.7. The second kappa shape index (κ2) is 11.1. The third-order valence-electron chi connectivity index (χ3n) is 7.42. The van der Waals surface area contributed by atoms with E-state index in [9.17, 15) is 5.11 Å². The second-order valence-corrected chi connectivity index (χ2v) is 11.0. The van der Waals surface area contributed by atoms with Crippen molar-refractivity contribution in [2.75, 3.05) is 0 Å². The van der Waals surface area contributed by atoms with Crippen LogP contribution in [0.4, 0.5) is 0 Å². The zero-order valence-corrected chi connectivity index (χ0v) is 23.0. The van der Waals surface area contributed by atoms with Gasteiger partial charge in [0.15, 0.2) is 17.5 Å². The zero-order chi connectivity index (χ0) is 27.5. The van der Waals surface area contributed by atoms with E-state index >= 15 is 0 Å². The Hall–Kier alpha value is -3.87. The van der Waals surface area contributed by atoms with Crippen LogP contribution in [0.2, 0.25) is 0 Å². The quantitative estimate of drug-likeness (QED) is 0.219. The summed E-state index contributed by atoms with van der Waals surface area (Å²) in [6.07, 6.45) is 9.56. The maximum absolute atomic E-state index is 10.4. The fraction of sp³-hybridized carbons (Fsp3) is 0.242. The van der Waals surface area contributed by atoms with Crippen molar-refractivity contribution >= 4 is 19.0 Å². The molecule has 0 amide bonds. The fourth-order valence-corrected chi connectivity index (χ4v) is 4.08. The highest BCUT2D eigenvalue weighted by molar-refractivity contribution is 6.47. The van der Waals surface area contributed by atoms with E-state index in [1.165, 1.54) is 0 Å². The van der Waals surface area contributed by atoms with Crippen LogP contribution in [0, 0.1) is 5.92 Å². The predicted octanol–water partition coefficient (Wildman–Crippen LogP) is 6.00. The number of hydrogen-bond donors (Lipinski definition) is 1. The van der Waals surface area contributed by atoms with Crippen LogP contribution in [0.5, 0.6) is 0 Å². The van der Waals surface area contributed by atoms with Gasteiger partial charge in [0.25, 0.3) is 0 Å². The molecule has 196 valence electrons. The van der Waals surface area contributed by atoms with Crippen LogP contribution >= 0.6 is 0 Å². The van der Waals surface area contributed by atoms with E-state index in [1.54, 1.807) is 13.8 Å². The summed E-state index contributed by atoms with van der Waals surface area (Å²) < 4.78 is 6.10. The number of nitrogens with zero attached hydrogens (tertiary/aromatic N) is 3. The predicted molar refractivity (Wildman–Crippen MR) is 161 cm³/mol. The molecule has 0 saturated carbocycles. The highest BCUT2D eigenvalue weighted by Crippen LogP contribution is 2.27. The molecule has 6 heteroatoms. The molecular formula is C33H34BN3O2. The van der Waals surface area contributed by atoms with Crippen molar-refractivity contribution in [2.24, 2.45) is 5.92 Å². The number of aromatic nitrogens is 3. The molecule has 0 aliphatic heterocycles. The van der Waals surface area contributed by atoms with E-state index in [-0.39, 0.29) is 0 Å². The molecule has 39 heavy (non-hydrogen) atoms. The lowest BCUT2D eigenvalue weighted by molar-refractivity contribution is -0.0893. The van der Waals surface area contributed by atoms with Crippen LogP contribution in [0.15, 0.2) is 97.1 Å². The van der Waals surface area contributed by atoms with Crippen molar-refractivity contribution in [3.8, 4) is 33.9 Å². The van der Waals surface area contributed by atoms with Crippen molar-refractivity contribution < 1.29 is 9.76 Å². The molecule has 0 bridgehead atoms. The third kappa shape index (κ3) is 6.41. The maximum Gasteiger partial charge on any atom is 0.309 e. The Morgan fingerprint density at radius 2 is 1.41 bits per heavy atom. The van der Waals surface area contributed by atoms with Gasteiger partial charge < -0.3 is 9.76 Å². The molecule has 1 aromatic heterocycles. The van der Waals surface area contributed by atoms with Crippen LogP contribution in [-0.2, 0) is 4.65 Å². The normalized spacial score (nSPS) is 15.4. The van der Waals surface area contributed by atoms with E-state index in [2.05, 4.69) is 42.5 Å². The Kier molecular flexibility index (Phi) is 7.60. The molecule has 0 spiro atoms. The minimum absolute atomic E-state index is 0.407. The number of benzene rings is 3. The first-order valence-corrected chi connectivity index (χ1v) is 13.4. The van der Waals surface area contributed by atoms with Gasteiger partial charge in [0, 0.05) is 11.1 Å². The van der Waals surface area contributed by atoms with Gasteiger partial charge in [-0.05, 0) is 63.3 Å². The highest BCUT2D eigenvalue weighted by Gasteiger charge is 2.35. The first-order chi connectivity index (χ1) is 18.7. The van der Waals surface area contributed by atoms with E-state index in [0.29, 0.717) is 30.9 Å². The Balaban J connectivity index is 1.46. The number of aliphatic hydroxyl groups is 1. The summed E-state index contributed by atoms with van der Waals surface area (Å²) in [5.41, 5.74) is 3.43. The third-order valence-corrected chi connectivity index (χ3v) is 7.42. The summed E-state index contributed by atoms with van der Waals surface area (Å²) in [6, 6.07) is 26.6. The van der Waals surface area contributed by atoms with E-state index in [0.717, 1.165) is 34.1 Å². The smallest absolute Gasteiger partial charge is 0.309 e. The minimum atomic E-state index is -0.954. The molecule has 0 fully saturated rings. The zero-order valence-electron chi connectivity index (χ0n) is 23.0. The van der Waals surface area contributed by atoms with Gasteiger partial charge in [0.1, 0.15) is 0 Å². The lowest BCUT2D eigenvalue weighted by Crippen LogP contribution is -2.49. The molecule has 1 aliphatic rings. The van der Waals surface area contributed by atoms with Gasteiger partial charge in [-0.3, -0.25) is 0 Å². The maximum atomic E-state index is 10.4. The number of rotatable bonds is 9. The molecule has 1 aliphatic carbocycles. The van der Waals surface area contributed by atoms with E-state index in [4.69, 9.17) is 19.6 Å². The molecule has 5 nitrogen and oxygen atoms in total. The Morgan fingerprint density at radius 3 is 2.08 bits per heavy atom. The molecule has 0 radical (unpaired) electrons. The van der Waals surface area contributed by atoms with E-state index < -0.39 is 11.2 Å². The lowest BCUT2D eigenvalue weighted by Gasteiger charge is -2.37. The molecule has 5 rings (SSSR count). The van der Waals surface area contributed by atoms with Gasteiger partial charge in [-0.1, -0.05) is 96.5 Å². The summed E-state index contributed by atoms with van der Waals surface area (Å²) in [5, 5.41) is 10.4. The average molecular weight is 515 g/mol. The summed E-state index contributed by atoms with van der Waals surface area (Å²) in [6.45, 7) is 7.35. The summed E-state index contributed by atoms with van der Waals surface area (Å²) in [4.78, 5) is 14.4. The molecule has 1 N–H and O–H groups in total. The first-order valence-electron chi connectivity index (χ1n) is 13.4. The standard InChI is InChI=1S/C33H34BN3O2/c1-32(2,38)33(3,4)39-34-28-18-10-16-26(22-28)25-15-9-17-27(21-25)31-36-29(20-19-23-11-8-12-23)35-30(37-31)24-13-6-5-7-14-24/h5-11,13-23,34,38H,12H2,1-4H3/b20-19+/t23-/m0/s1. The molecule has 1 heterocycles. The van der Waals surface area contributed by atoms with Gasteiger partial charge in [0.05, 0.1) is 11.2 Å². The lowest BCUT2D eigenvalue weighted by atomic mass is 9.81. The van der Waals surface area contributed by atoms with Crippen molar-refractivity contribution in [2.45, 2.75) is 45.3 Å². The number of hydrogen-bond acceptors (Lipinski definition) is 5. The van der Waals surface area contributed by atoms with Crippen LogP contribution < -0.4 is 5.46 Å². The van der Waals surface area contributed by atoms with Crippen molar-refractivity contribution in [3.05, 3.63) is 103 Å². The van der Waals surface area contributed by atoms with Crippen molar-refractivity contribution in [1.82, 2.24) is 15.0 Å². The second-order valence-electron chi connectivity index (χ2n) is 11.0. The van der Waals surface area contributed by atoms with Gasteiger partial charge >= 0.3 is 7.48 Å². The molecule has 1 atom stereocenters. The minimum Gasteiger partial charge on any atom is -0.427 e. The molecule has 3 aromatic carbocycles. The topological polar surface area (TPSA) is 68.1 Å². The molecular weight excluding hydrogens is 481 g/mol. The Morgan fingerprint density at radius 1 is 0.795 bits per heavy atom. The summed E-state index contributed by atoms with van der Waals surface area (Å²) >= 11 is 0. The van der Waals surface area contributed by atoms with Gasteiger partial charge in [-0.2, -0.15) is 0 Å². The van der Waals surface area contributed by atoms with Gasteiger partial charge in [0.2, 0.25) is 0 Å².